The Bertz CT molecular complexity index is 484. The normalized spacial score (nSPS) is 19.0. The highest BCUT2D eigenvalue weighted by atomic mass is 32.1. The standard InChI is InChI=1S/C17H26N2OS/c1-3-19(4-2)15-10-11-18(13-15)14-17-9-8-16(21-17)7-5-6-12-20/h8-9,15,20H,3-4,6,10-14H2,1-2H3. The molecular weight excluding hydrogens is 280 g/mol. The van der Waals surface area contributed by atoms with Gasteiger partial charge < -0.3 is 5.11 Å². The molecule has 2 heterocycles. The lowest BCUT2D eigenvalue weighted by Crippen LogP contribution is -2.37. The molecule has 1 atom stereocenters. The minimum atomic E-state index is 0.145. The Labute approximate surface area is 132 Å². The van der Waals surface area contributed by atoms with Crippen molar-refractivity contribution in [3.05, 3.63) is 21.9 Å². The Hall–Kier alpha value is -0.860. The molecule has 2 rings (SSSR count). The van der Waals surface area contributed by atoms with Crippen LogP contribution in [0.3, 0.4) is 0 Å². The first kappa shape index (κ1) is 16.5. The van der Waals surface area contributed by atoms with Crippen molar-refractivity contribution in [3.8, 4) is 11.8 Å². The lowest BCUT2D eigenvalue weighted by molar-refractivity contribution is 0.209. The molecule has 1 aliphatic heterocycles. The van der Waals surface area contributed by atoms with E-state index in [0.717, 1.165) is 30.6 Å². The Balaban J connectivity index is 1.85. The fourth-order valence-electron chi connectivity index (χ4n) is 2.95. The van der Waals surface area contributed by atoms with Crippen LogP contribution in [0, 0.1) is 11.8 Å². The molecule has 4 heteroatoms. The van der Waals surface area contributed by atoms with Crippen molar-refractivity contribution in [3.63, 3.8) is 0 Å². The van der Waals surface area contributed by atoms with Gasteiger partial charge in [-0.25, -0.2) is 0 Å². The van der Waals surface area contributed by atoms with E-state index >= 15 is 0 Å². The third kappa shape index (κ3) is 4.82. The highest BCUT2D eigenvalue weighted by Gasteiger charge is 2.26. The van der Waals surface area contributed by atoms with Gasteiger partial charge in [0.1, 0.15) is 0 Å². The lowest BCUT2D eigenvalue weighted by atomic mass is 10.2. The van der Waals surface area contributed by atoms with E-state index in [-0.39, 0.29) is 6.61 Å². The number of aliphatic hydroxyl groups excluding tert-OH is 1. The monoisotopic (exact) mass is 306 g/mol. The van der Waals surface area contributed by atoms with E-state index in [9.17, 15) is 0 Å². The van der Waals surface area contributed by atoms with Crippen molar-refractivity contribution >= 4 is 11.3 Å². The van der Waals surface area contributed by atoms with E-state index in [1.807, 2.05) is 0 Å². The largest absolute Gasteiger partial charge is 0.395 e. The Morgan fingerprint density at radius 2 is 2.19 bits per heavy atom. The highest BCUT2D eigenvalue weighted by Crippen LogP contribution is 2.22. The fraction of sp³-hybridized carbons (Fsp3) is 0.647. The first-order valence-electron chi connectivity index (χ1n) is 7.91. The zero-order chi connectivity index (χ0) is 15.1. The maximum absolute atomic E-state index is 8.74. The zero-order valence-corrected chi connectivity index (χ0v) is 14.0. The molecule has 0 aliphatic carbocycles. The molecule has 0 saturated carbocycles. The Morgan fingerprint density at radius 3 is 2.90 bits per heavy atom. The molecule has 116 valence electrons. The molecule has 1 aliphatic rings. The van der Waals surface area contributed by atoms with E-state index in [2.05, 4.69) is 47.6 Å². The molecule has 0 spiro atoms. The summed E-state index contributed by atoms with van der Waals surface area (Å²) < 4.78 is 0. The summed E-state index contributed by atoms with van der Waals surface area (Å²) in [6, 6.07) is 5.02. The topological polar surface area (TPSA) is 26.7 Å². The molecule has 0 radical (unpaired) electrons. The number of nitrogens with zero attached hydrogens (tertiary/aromatic N) is 2. The quantitative estimate of drug-likeness (QED) is 0.818. The van der Waals surface area contributed by atoms with Gasteiger partial charge in [0.05, 0.1) is 11.5 Å². The average Bonchev–Trinajstić information content (AvgIpc) is 3.11. The number of aliphatic hydroxyl groups is 1. The second kappa shape index (κ2) is 8.55. The van der Waals surface area contributed by atoms with E-state index in [1.165, 1.54) is 24.4 Å². The van der Waals surface area contributed by atoms with Gasteiger partial charge in [-0.15, -0.1) is 11.3 Å². The number of rotatable bonds is 6. The Morgan fingerprint density at radius 1 is 1.38 bits per heavy atom. The average molecular weight is 306 g/mol. The van der Waals surface area contributed by atoms with Crippen LogP contribution in [-0.4, -0.2) is 53.7 Å². The third-order valence-corrected chi connectivity index (χ3v) is 5.05. The van der Waals surface area contributed by atoms with E-state index in [4.69, 9.17) is 5.11 Å². The molecule has 0 amide bonds. The summed E-state index contributed by atoms with van der Waals surface area (Å²) in [5.74, 6) is 6.10. The van der Waals surface area contributed by atoms with Crippen molar-refractivity contribution in [2.45, 2.75) is 39.3 Å². The van der Waals surface area contributed by atoms with Gasteiger partial charge >= 0.3 is 0 Å². The van der Waals surface area contributed by atoms with Gasteiger partial charge in [-0.05, 0) is 31.6 Å². The van der Waals surface area contributed by atoms with Crippen LogP contribution in [-0.2, 0) is 6.54 Å². The fourth-order valence-corrected chi connectivity index (χ4v) is 3.87. The van der Waals surface area contributed by atoms with Crippen molar-refractivity contribution in [2.24, 2.45) is 0 Å². The van der Waals surface area contributed by atoms with Crippen molar-refractivity contribution in [1.82, 2.24) is 9.80 Å². The van der Waals surface area contributed by atoms with Gasteiger partial charge in [0.25, 0.3) is 0 Å². The number of hydrogen-bond donors (Lipinski definition) is 1. The van der Waals surface area contributed by atoms with Crippen LogP contribution < -0.4 is 0 Å². The molecule has 0 bridgehead atoms. The van der Waals surface area contributed by atoms with Crippen LogP contribution in [0.4, 0.5) is 0 Å². The first-order valence-corrected chi connectivity index (χ1v) is 8.73. The molecular formula is C17H26N2OS. The third-order valence-electron chi connectivity index (χ3n) is 4.07. The van der Waals surface area contributed by atoms with Crippen LogP contribution >= 0.6 is 11.3 Å². The van der Waals surface area contributed by atoms with Crippen LogP contribution in [0.2, 0.25) is 0 Å². The number of thiophene rings is 1. The van der Waals surface area contributed by atoms with Gasteiger partial charge in [-0.1, -0.05) is 25.7 Å². The van der Waals surface area contributed by atoms with Crippen LogP contribution in [0.5, 0.6) is 0 Å². The summed E-state index contributed by atoms with van der Waals surface area (Å²) in [6.07, 6.45) is 1.85. The molecule has 1 aromatic heterocycles. The SMILES string of the molecule is CCN(CC)C1CCN(Cc2ccc(C#CCCO)s2)C1. The van der Waals surface area contributed by atoms with E-state index in [0.29, 0.717) is 6.42 Å². The molecule has 1 aromatic rings. The molecule has 1 N–H and O–H groups in total. The molecule has 21 heavy (non-hydrogen) atoms. The summed E-state index contributed by atoms with van der Waals surface area (Å²) >= 11 is 1.78. The maximum Gasteiger partial charge on any atom is 0.0771 e. The first-order chi connectivity index (χ1) is 10.3. The van der Waals surface area contributed by atoms with Crippen LogP contribution in [0.25, 0.3) is 0 Å². The smallest absolute Gasteiger partial charge is 0.0771 e. The maximum atomic E-state index is 8.74. The molecule has 1 unspecified atom stereocenters. The summed E-state index contributed by atoms with van der Waals surface area (Å²) in [7, 11) is 0. The molecule has 1 saturated heterocycles. The Kier molecular flexibility index (Phi) is 6.72. The van der Waals surface area contributed by atoms with Gasteiger partial charge in [-0.3, -0.25) is 9.80 Å². The summed E-state index contributed by atoms with van der Waals surface area (Å²) in [4.78, 5) is 7.63. The van der Waals surface area contributed by atoms with Gasteiger partial charge in [0.15, 0.2) is 0 Å². The van der Waals surface area contributed by atoms with Gasteiger partial charge in [0.2, 0.25) is 0 Å². The van der Waals surface area contributed by atoms with Crippen molar-refractivity contribution in [2.75, 3.05) is 32.8 Å². The molecule has 1 fully saturated rings. The lowest BCUT2D eigenvalue weighted by Gasteiger charge is -2.26. The summed E-state index contributed by atoms with van der Waals surface area (Å²) in [5.41, 5.74) is 0. The molecule has 0 aromatic carbocycles. The molecule has 3 nitrogen and oxygen atoms in total. The minimum Gasteiger partial charge on any atom is -0.395 e. The number of likely N-dealkylation sites (tertiary alicyclic amines) is 1. The second-order valence-corrected chi connectivity index (χ2v) is 6.61. The minimum absolute atomic E-state index is 0.145. The number of likely N-dealkylation sites (N-methyl/N-ethyl adjacent to an activating group) is 1. The van der Waals surface area contributed by atoms with E-state index < -0.39 is 0 Å². The zero-order valence-electron chi connectivity index (χ0n) is 13.1. The highest BCUT2D eigenvalue weighted by molar-refractivity contribution is 7.12. The van der Waals surface area contributed by atoms with Gasteiger partial charge in [-0.2, -0.15) is 0 Å². The van der Waals surface area contributed by atoms with Gasteiger partial charge in [0, 0.05) is 37.0 Å². The van der Waals surface area contributed by atoms with E-state index in [1.54, 1.807) is 11.3 Å². The predicted octanol–water partition coefficient (Wildman–Crippen LogP) is 2.40. The number of hydrogen-bond acceptors (Lipinski definition) is 4. The van der Waals surface area contributed by atoms with Crippen LogP contribution in [0.15, 0.2) is 12.1 Å². The predicted molar refractivity (Wildman–Crippen MR) is 89.5 cm³/mol. The second-order valence-electron chi connectivity index (χ2n) is 5.44. The summed E-state index contributed by atoms with van der Waals surface area (Å²) in [5, 5.41) is 8.74. The van der Waals surface area contributed by atoms with Crippen LogP contribution in [0.1, 0.15) is 36.4 Å². The van der Waals surface area contributed by atoms with Crippen molar-refractivity contribution < 1.29 is 5.11 Å². The summed E-state index contributed by atoms with van der Waals surface area (Å²) in [6.45, 7) is 10.4. The van der Waals surface area contributed by atoms with Crippen molar-refractivity contribution in [1.29, 1.82) is 0 Å².